The molecule has 0 unspecified atom stereocenters. The van der Waals surface area contributed by atoms with Gasteiger partial charge in [-0.3, -0.25) is 0 Å². The standard InChI is InChI=1S/C29H35IN2O/c1-28(2,3)23-16-17-24(29(4,5)6)26(18-23)31-27(33)32(19-21-12-8-7-9-13-21)20-22-14-10-11-15-25(22)30/h7-18H,19-20H2,1-6H3,(H,31,33). The predicted molar refractivity (Wildman–Crippen MR) is 148 cm³/mol. The zero-order valence-corrected chi connectivity index (χ0v) is 22.7. The van der Waals surface area contributed by atoms with E-state index in [-0.39, 0.29) is 16.9 Å². The summed E-state index contributed by atoms with van der Waals surface area (Å²) in [6, 6.07) is 24.8. The molecule has 3 aromatic carbocycles. The summed E-state index contributed by atoms with van der Waals surface area (Å²) in [6.45, 7) is 14.2. The molecule has 0 atom stereocenters. The predicted octanol–water partition coefficient (Wildman–Crippen LogP) is 8.12. The summed E-state index contributed by atoms with van der Waals surface area (Å²) in [4.78, 5) is 15.6. The second-order valence-corrected chi connectivity index (χ2v) is 11.8. The summed E-state index contributed by atoms with van der Waals surface area (Å²) in [5, 5.41) is 3.27. The van der Waals surface area contributed by atoms with Crippen LogP contribution in [0.3, 0.4) is 0 Å². The molecular formula is C29H35IN2O. The third-order valence-electron chi connectivity index (χ3n) is 5.76. The molecule has 0 heterocycles. The van der Waals surface area contributed by atoms with Crippen molar-refractivity contribution >= 4 is 34.3 Å². The van der Waals surface area contributed by atoms with Gasteiger partial charge in [-0.05, 0) is 67.8 Å². The Labute approximate surface area is 212 Å². The first-order valence-corrected chi connectivity index (χ1v) is 12.5. The molecule has 0 spiro atoms. The fourth-order valence-electron chi connectivity index (χ4n) is 3.80. The average molecular weight is 555 g/mol. The van der Waals surface area contributed by atoms with E-state index in [2.05, 4.69) is 112 Å². The number of nitrogens with zero attached hydrogens (tertiary/aromatic N) is 1. The van der Waals surface area contributed by atoms with Crippen molar-refractivity contribution < 1.29 is 4.79 Å². The van der Waals surface area contributed by atoms with Gasteiger partial charge in [0.15, 0.2) is 0 Å². The quantitative estimate of drug-likeness (QED) is 0.318. The van der Waals surface area contributed by atoms with Crippen LogP contribution in [-0.4, -0.2) is 10.9 Å². The molecule has 4 heteroatoms. The summed E-state index contributed by atoms with van der Waals surface area (Å²) in [5.41, 5.74) is 5.40. The van der Waals surface area contributed by atoms with Crippen LogP contribution in [0.2, 0.25) is 0 Å². The summed E-state index contributed by atoms with van der Waals surface area (Å²) in [5.74, 6) is 0. The van der Waals surface area contributed by atoms with Gasteiger partial charge in [0.25, 0.3) is 0 Å². The van der Waals surface area contributed by atoms with Crippen LogP contribution in [0.1, 0.15) is 63.8 Å². The van der Waals surface area contributed by atoms with E-state index in [0.29, 0.717) is 13.1 Å². The molecule has 3 nitrogen and oxygen atoms in total. The van der Waals surface area contributed by atoms with Crippen LogP contribution in [0.15, 0.2) is 72.8 Å². The van der Waals surface area contributed by atoms with Crippen LogP contribution in [0.4, 0.5) is 10.5 Å². The monoisotopic (exact) mass is 554 g/mol. The van der Waals surface area contributed by atoms with Crippen molar-refractivity contribution in [1.82, 2.24) is 4.90 Å². The molecule has 0 saturated heterocycles. The van der Waals surface area contributed by atoms with E-state index in [4.69, 9.17) is 0 Å². The number of carbonyl (C=O) groups excluding carboxylic acids is 1. The number of urea groups is 1. The fourth-order valence-corrected chi connectivity index (χ4v) is 4.36. The maximum atomic E-state index is 13.7. The number of benzene rings is 3. The maximum Gasteiger partial charge on any atom is 0.322 e. The molecule has 174 valence electrons. The zero-order chi connectivity index (χ0) is 24.2. The molecule has 2 amide bonds. The van der Waals surface area contributed by atoms with Crippen LogP contribution in [0.5, 0.6) is 0 Å². The van der Waals surface area contributed by atoms with Crippen molar-refractivity contribution in [2.75, 3.05) is 5.32 Å². The Balaban J connectivity index is 1.96. The molecule has 0 aromatic heterocycles. The van der Waals surface area contributed by atoms with E-state index in [1.54, 1.807) is 0 Å². The lowest BCUT2D eigenvalue weighted by molar-refractivity contribution is 0.206. The van der Waals surface area contributed by atoms with Crippen LogP contribution < -0.4 is 5.32 Å². The molecule has 0 aliphatic rings. The van der Waals surface area contributed by atoms with Gasteiger partial charge in [0.1, 0.15) is 0 Å². The molecule has 0 radical (unpaired) electrons. The van der Waals surface area contributed by atoms with Crippen molar-refractivity contribution in [1.29, 1.82) is 0 Å². The summed E-state index contributed by atoms with van der Waals surface area (Å²) >= 11 is 2.34. The number of hydrogen-bond donors (Lipinski definition) is 1. The van der Waals surface area contributed by atoms with E-state index >= 15 is 0 Å². The van der Waals surface area contributed by atoms with Gasteiger partial charge in [-0.2, -0.15) is 0 Å². The fraction of sp³-hybridized carbons (Fsp3) is 0.345. The van der Waals surface area contributed by atoms with Crippen LogP contribution in [0, 0.1) is 3.57 Å². The van der Waals surface area contributed by atoms with E-state index in [1.165, 1.54) is 5.56 Å². The van der Waals surface area contributed by atoms with Gasteiger partial charge in [-0.1, -0.05) is 102 Å². The Morgan fingerprint density at radius 1 is 0.818 bits per heavy atom. The first-order valence-electron chi connectivity index (χ1n) is 11.4. The largest absolute Gasteiger partial charge is 0.322 e. The second-order valence-electron chi connectivity index (χ2n) is 10.6. The van der Waals surface area contributed by atoms with E-state index < -0.39 is 0 Å². The number of carbonyl (C=O) groups is 1. The topological polar surface area (TPSA) is 32.3 Å². The number of hydrogen-bond acceptors (Lipinski definition) is 1. The van der Waals surface area contributed by atoms with Gasteiger partial charge in [0.2, 0.25) is 0 Å². The highest BCUT2D eigenvalue weighted by atomic mass is 127. The third kappa shape index (κ3) is 6.83. The number of halogens is 1. The number of nitrogens with one attached hydrogen (secondary N) is 1. The minimum atomic E-state index is -0.0879. The van der Waals surface area contributed by atoms with Crippen LogP contribution >= 0.6 is 22.6 Å². The molecule has 0 saturated carbocycles. The number of anilines is 1. The van der Waals surface area contributed by atoms with Gasteiger partial charge >= 0.3 is 6.03 Å². The van der Waals surface area contributed by atoms with Crippen molar-refractivity contribution in [2.24, 2.45) is 0 Å². The van der Waals surface area contributed by atoms with Crippen LogP contribution in [0.25, 0.3) is 0 Å². The smallest absolute Gasteiger partial charge is 0.316 e. The Bertz CT molecular complexity index is 1090. The molecular weight excluding hydrogens is 519 g/mol. The maximum absolute atomic E-state index is 13.7. The highest BCUT2D eigenvalue weighted by Gasteiger charge is 2.24. The van der Waals surface area contributed by atoms with Gasteiger partial charge in [0.05, 0.1) is 0 Å². The highest BCUT2D eigenvalue weighted by Crippen LogP contribution is 2.34. The van der Waals surface area contributed by atoms with E-state index in [1.807, 2.05) is 35.2 Å². The average Bonchev–Trinajstić information content (AvgIpc) is 2.74. The van der Waals surface area contributed by atoms with Gasteiger partial charge < -0.3 is 10.2 Å². The molecule has 0 aliphatic carbocycles. The van der Waals surface area contributed by atoms with E-state index in [0.717, 1.165) is 25.9 Å². The normalized spacial score (nSPS) is 11.8. The third-order valence-corrected chi connectivity index (χ3v) is 6.81. The van der Waals surface area contributed by atoms with Gasteiger partial charge in [-0.15, -0.1) is 0 Å². The number of amides is 2. The first-order chi connectivity index (χ1) is 15.4. The Hall–Kier alpha value is -2.34. The highest BCUT2D eigenvalue weighted by molar-refractivity contribution is 14.1. The lowest BCUT2D eigenvalue weighted by Gasteiger charge is -2.29. The molecule has 0 aliphatic heterocycles. The van der Waals surface area contributed by atoms with Gasteiger partial charge in [-0.25, -0.2) is 4.79 Å². The van der Waals surface area contributed by atoms with Crippen LogP contribution in [-0.2, 0) is 23.9 Å². The molecule has 0 bridgehead atoms. The Morgan fingerprint density at radius 3 is 2.06 bits per heavy atom. The minimum Gasteiger partial charge on any atom is -0.316 e. The summed E-state index contributed by atoms with van der Waals surface area (Å²) in [6.07, 6.45) is 0. The van der Waals surface area contributed by atoms with E-state index in [9.17, 15) is 4.79 Å². The molecule has 3 rings (SSSR count). The lowest BCUT2D eigenvalue weighted by atomic mass is 9.81. The van der Waals surface area contributed by atoms with Crippen molar-refractivity contribution in [2.45, 2.75) is 65.5 Å². The molecule has 0 fully saturated rings. The second kappa shape index (κ2) is 10.3. The van der Waals surface area contributed by atoms with Crippen molar-refractivity contribution in [3.05, 3.63) is 98.6 Å². The van der Waals surface area contributed by atoms with Gasteiger partial charge in [0, 0.05) is 22.3 Å². The minimum absolute atomic E-state index is 0.000230. The van der Waals surface area contributed by atoms with Crippen molar-refractivity contribution in [3.8, 4) is 0 Å². The Morgan fingerprint density at radius 2 is 1.45 bits per heavy atom. The Kier molecular flexibility index (Phi) is 7.88. The summed E-state index contributed by atoms with van der Waals surface area (Å²) in [7, 11) is 0. The first kappa shape index (κ1) is 25.3. The molecule has 3 aromatic rings. The van der Waals surface area contributed by atoms with Crippen molar-refractivity contribution in [3.63, 3.8) is 0 Å². The SMILES string of the molecule is CC(C)(C)c1ccc(C(C)(C)C)c(NC(=O)N(Cc2ccccc2)Cc2ccccc2I)c1. The molecule has 1 N–H and O–H groups in total. The summed E-state index contributed by atoms with van der Waals surface area (Å²) < 4.78 is 1.16. The zero-order valence-electron chi connectivity index (χ0n) is 20.6. The molecule has 33 heavy (non-hydrogen) atoms. The lowest BCUT2D eigenvalue weighted by Crippen LogP contribution is -2.35. The number of rotatable bonds is 5.